The first-order valence-electron chi connectivity index (χ1n) is 5.49. The van der Waals surface area contributed by atoms with Crippen molar-refractivity contribution in [3.63, 3.8) is 0 Å². The third-order valence-electron chi connectivity index (χ3n) is 2.73. The summed E-state index contributed by atoms with van der Waals surface area (Å²) >= 11 is 0. The minimum absolute atomic E-state index is 0.102. The van der Waals surface area contributed by atoms with Gasteiger partial charge in [-0.1, -0.05) is 18.2 Å². The summed E-state index contributed by atoms with van der Waals surface area (Å²) in [6, 6.07) is 7.28. The van der Waals surface area contributed by atoms with Gasteiger partial charge in [0.2, 0.25) is 0 Å². The molecule has 20 heavy (non-hydrogen) atoms. The van der Waals surface area contributed by atoms with E-state index in [0.29, 0.717) is 11.6 Å². The third-order valence-corrected chi connectivity index (χ3v) is 2.73. The van der Waals surface area contributed by atoms with E-state index in [4.69, 9.17) is 5.11 Å². The van der Waals surface area contributed by atoms with Gasteiger partial charge in [0.05, 0.1) is 11.1 Å². The molecule has 2 aromatic rings. The van der Waals surface area contributed by atoms with Crippen molar-refractivity contribution in [1.82, 2.24) is 0 Å². The van der Waals surface area contributed by atoms with Gasteiger partial charge in [-0.3, -0.25) is 0 Å². The molecule has 104 valence electrons. The molecule has 0 atom stereocenters. The summed E-state index contributed by atoms with van der Waals surface area (Å²) in [6.07, 6.45) is -4.62. The van der Waals surface area contributed by atoms with Gasteiger partial charge in [-0.15, -0.1) is 0 Å². The molecule has 0 fully saturated rings. The van der Waals surface area contributed by atoms with Gasteiger partial charge in [-0.2, -0.15) is 13.2 Å². The van der Waals surface area contributed by atoms with Crippen LogP contribution in [-0.4, -0.2) is 11.1 Å². The van der Waals surface area contributed by atoms with Crippen molar-refractivity contribution >= 4 is 5.97 Å². The van der Waals surface area contributed by atoms with Crippen LogP contribution in [-0.2, 0) is 6.18 Å². The minimum Gasteiger partial charge on any atom is -0.478 e. The Morgan fingerprint density at radius 2 is 1.60 bits per heavy atom. The molecule has 0 bridgehead atoms. The molecule has 0 radical (unpaired) electrons. The maximum Gasteiger partial charge on any atom is 0.416 e. The van der Waals surface area contributed by atoms with Crippen LogP contribution in [0.1, 0.15) is 15.9 Å². The lowest BCUT2D eigenvalue weighted by molar-refractivity contribution is -0.137. The highest BCUT2D eigenvalue weighted by molar-refractivity contribution is 5.96. The number of hydrogen-bond donors (Lipinski definition) is 1. The monoisotopic (exact) mass is 284 g/mol. The van der Waals surface area contributed by atoms with E-state index in [1.807, 2.05) is 0 Å². The minimum atomic E-state index is -4.62. The van der Waals surface area contributed by atoms with Crippen molar-refractivity contribution in [2.24, 2.45) is 0 Å². The summed E-state index contributed by atoms with van der Waals surface area (Å²) in [5.74, 6) is -1.99. The van der Waals surface area contributed by atoms with Gasteiger partial charge in [0.15, 0.2) is 0 Å². The lowest BCUT2D eigenvalue weighted by atomic mass is 9.97. The Morgan fingerprint density at radius 1 is 1.00 bits per heavy atom. The van der Waals surface area contributed by atoms with Crippen LogP contribution in [0.3, 0.4) is 0 Å². The number of hydrogen-bond acceptors (Lipinski definition) is 1. The van der Waals surface area contributed by atoms with E-state index in [0.717, 1.165) is 24.3 Å². The molecule has 0 aliphatic heterocycles. The number of benzene rings is 2. The Kier molecular flexibility index (Phi) is 3.48. The van der Waals surface area contributed by atoms with E-state index < -0.39 is 29.1 Å². The molecule has 0 spiro atoms. The Labute approximate surface area is 111 Å². The molecular formula is C14H8F4O2. The number of carboxylic acid groups (broad SMARTS) is 1. The van der Waals surface area contributed by atoms with Crippen LogP contribution < -0.4 is 0 Å². The van der Waals surface area contributed by atoms with E-state index in [9.17, 15) is 22.4 Å². The standard InChI is InChI=1S/C14H8F4O2/c15-10-4-1-8(2-5-10)11-6-3-9(14(16,17)18)7-12(11)13(19)20/h1-7H,(H,19,20). The number of carboxylic acids is 1. The van der Waals surface area contributed by atoms with Crippen molar-refractivity contribution in [3.8, 4) is 11.1 Å². The lowest BCUT2D eigenvalue weighted by Crippen LogP contribution is -2.08. The summed E-state index contributed by atoms with van der Waals surface area (Å²) in [7, 11) is 0. The first-order chi connectivity index (χ1) is 9.29. The first kappa shape index (κ1) is 14.0. The van der Waals surface area contributed by atoms with Gasteiger partial charge in [-0.25, -0.2) is 9.18 Å². The fourth-order valence-electron chi connectivity index (χ4n) is 1.78. The molecule has 0 aliphatic carbocycles. The molecule has 0 saturated carbocycles. The van der Waals surface area contributed by atoms with Gasteiger partial charge < -0.3 is 5.11 Å². The Hall–Kier alpha value is -2.37. The summed E-state index contributed by atoms with van der Waals surface area (Å²) in [6.45, 7) is 0. The second-order valence-corrected chi connectivity index (χ2v) is 4.07. The second-order valence-electron chi connectivity index (χ2n) is 4.07. The van der Waals surface area contributed by atoms with Gasteiger partial charge in [-0.05, 0) is 35.4 Å². The van der Waals surface area contributed by atoms with E-state index in [-0.39, 0.29) is 5.56 Å². The van der Waals surface area contributed by atoms with Crippen LogP contribution >= 0.6 is 0 Å². The van der Waals surface area contributed by atoms with E-state index >= 15 is 0 Å². The molecule has 0 aliphatic rings. The maximum atomic E-state index is 12.8. The number of carbonyl (C=O) groups is 1. The number of aromatic carboxylic acids is 1. The third kappa shape index (κ3) is 2.79. The van der Waals surface area contributed by atoms with Crippen LogP contribution in [0.15, 0.2) is 42.5 Å². The maximum absolute atomic E-state index is 12.8. The summed E-state index contributed by atoms with van der Waals surface area (Å²) < 4.78 is 50.5. The van der Waals surface area contributed by atoms with Crippen molar-refractivity contribution < 1.29 is 27.5 Å². The lowest BCUT2D eigenvalue weighted by Gasteiger charge is -2.11. The van der Waals surface area contributed by atoms with Crippen LogP contribution in [0.2, 0.25) is 0 Å². The average Bonchev–Trinajstić information content (AvgIpc) is 2.38. The molecular weight excluding hydrogens is 276 g/mol. The molecule has 0 unspecified atom stereocenters. The van der Waals surface area contributed by atoms with Gasteiger partial charge in [0, 0.05) is 0 Å². The van der Waals surface area contributed by atoms with Crippen molar-refractivity contribution in [1.29, 1.82) is 0 Å². The van der Waals surface area contributed by atoms with E-state index in [1.54, 1.807) is 0 Å². The SMILES string of the molecule is O=C(O)c1cc(C(F)(F)F)ccc1-c1ccc(F)cc1. The number of rotatable bonds is 2. The predicted molar refractivity (Wildman–Crippen MR) is 63.8 cm³/mol. The molecule has 2 aromatic carbocycles. The molecule has 1 N–H and O–H groups in total. The molecule has 0 saturated heterocycles. The zero-order chi connectivity index (χ0) is 14.9. The average molecular weight is 284 g/mol. The zero-order valence-corrected chi connectivity index (χ0v) is 9.91. The molecule has 2 nitrogen and oxygen atoms in total. The van der Waals surface area contributed by atoms with Crippen molar-refractivity contribution in [2.75, 3.05) is 0 Å². The molecule has 2 rings (SSSR count). The topological polar surface area (TPSA) is 37.3 Å². The van der Waals surface area contributed by atoms with Gasteiger partial charge in [0.1, 0.15) is 5.82 Å². The molecule has 6 heteroatoms. The van der Waals surface area contributed by atoms with Crippen molar-refractivity contribution in [3.05, 3.63) is 59.4 Å². The summed E-state index contributed by atoms with van der Waals surface area (Å²) in [5, 5.41) is 9.03. The second kappa shape index (κ2) is 4.96. The van der Waals surface area contributed by atoms with Crippen LogP contribution in [0.4, 0.5) is 17.6 Å². The van der Waals surface area contributed by atoms with Gasteiger partial charge >= 0.3 is 12.1 Å². The largest absolute Gasteiger partial charge is 0.478 e. The fourth-order valence-corrected chi connectivity index (χ4v) is 1.78. The van der Waals surface area contributed by atoms with E-state index in [2.05, 4.69) is 0 Å². The Morgan fingerprint density at radius 3 is 2.10 bits per heavy atom. The summed E-state index contributed by atoms with van der Waals surface area (Å²) in [5.41, 5.74) is -1.09. The predicted octanol–water partition coefficient (Wildman–Crippen LogP) is 4.21. The summed E-state index contributed by atoms with van der Waals surface area (Å²) in [4.78, 5) is 11.1. The Bertz CT molecular complexity index is 645. The number of alkyl halides is 3. The Balaban J connectivity index is 2.59. The normalized spacial score (nSPS) is 11.4. The first-order valence-corrected chi connectivity index (χ1v) is 5.49. The quantitative estimate of drug-likeness (QED) is 0.839. The molecule has 0 aromatic heterocycles. The zero-order valence-electron chi connectivity index (χ0n) is 9.91. The van der Waals surface area contributed by atoms with Crippen LogP contribution in [0, 0.1) is 5.82 Å². The van der Waals surface area contributed by atoms with E-state index in [1.165, 1.54) is 12.1 Å². The number of halogens is 4. The van der Waals surface area contributed by atoms with Crippen molar-refractivity contribution in [2.45, 2.75) is 6.18 Å². The van der Waals surface area contributed by atoms with Crippen LogP contribution in [0.5, 0.6) is 0 Å². The van der Waals surface area contributed by atoms with Gasteiger partial charge in [0.25, 0.3) is 0 Å². The fraction of sp³-hybridized carbons (Fsp3) is 0.0714. The highest BCUT2D eigenvalue weighted by Crippen LogP contribution is 2.33. The smallest absolute Gasteiger partial charge is 0.416 e. The highest BCUT2D eigenvalue weighted by Gasteiger charge is 2.31. The molecule has 0 amide bonds. The highest BCUT2D eigenvalue weighted by atomic mass is 19.4. The molecule has 0 heterocycles. The van der Waals surface area contributed by atoms with Crippen LogP contribution in [0.25, 0.3) is 11.1 Å².